The first-order chi connectivity index (χ1) is 36.7. The Morgan fingerprint density at radius 3 is 1.49 bits per heavy atom. The second kappa shape index (κ2) is 26.2. The molecular weight excluding hydrogens is 903 g/mol. The van der Waals surface area contributed by atoms with Gasteiger partial charge in [-0.2, -0.15) is 0 Å². The Labute approximate surface area is 448 Å². The van der Waals surface area contributed by atoms with Gasteiger partial charge in [0, 0.05) is 6.54 Å². The van der Waals surface area contributed by atoms with E-state index in [9.17, 15) is 0 Å². The molecule has 1 atom stereocenters. The number of hydrogen-bond donors (Lipinski definition) is 1. The van der Waals surface area contributed by atoms with E-state index in [0.717, 1.165) is 25.7 Å². The highest BCUT2D eigenvalue weighted by Crippen LogP contribution is 2.61. The molecule has 1 nitrogen and oxygen atoms in total. The van der Waals surface area contributed by atoms with Crippen molar-refractivity contribution < 1.29 is 0 Å². The molecule has 75 heavy (non-hydrogen) atoms. The van der Waals surface area contributed by atoms with Gasteiger partial charge in [-0.3, -0.25) is 0 Å². The zero-order chi connectivity index (χ0) is 52.4. The summed E-state index contributed by atoms with van der Waals surface area (Å²) < 4.78 is 0. The van der Waals surface area contributed by atoms with Crippen molar-refractivity contribution in [2.24, 2.45) is 5.73 Å². The normalized spacial score (nSPS) is 13.8. The Balaban J connectivity index is 0.000000170. The predicted molar refractivity (Wildman–Crippen MR) is 324 cm³/mol. The third kappa shape index (κ3) is 13.0. The lowest BCUT2D eigenvalue weighted by atomic mass is 9.63. The van der Waals surface area contributed by atoms with Crippen molar-refractivity contribution in [2.45, 2.75) is 79.2 Å². The molecule has 0 aromatic heterocycles. The second-order valence-electron chi connectivity index (χ2n) is 19.9. The van der Waals surface area contributed by atoms with Crippen LogP contribution in [0.25, 0.3) is 44.2 Å². The van der Waals surface area contributed by atoms with Gasteiger partial charge in [0.05, 0.1) is 5.41 Å². The van der Waals surface area contributed by atoms with Crippen LogP contribution in [-0.4, -0.2) is 0 Å². The van der Waals surface area contributed by atoms with Crippen molar-refractivity contribution in [1.29, 1.82) is 0 Å². The standard InChI is InChI=1S/C40H36.C13H13N.3C7H8/c1-4-13-29-16-8-10-22-36(29)40(35-21-9-5-15-28(35)3)37-23-12-20-33(32-19-11-14-27(2)24-32)39(37)34-25-30-17-6-7-18-31(30)26-38(34)40;14-10-11-5-4-8-13(9-11)12-6-2-1-3-7-12;3*1-7-5-3-2-4-6-7/h5-7,9-12,14-15,17-26H,4,8,13,16H2,1-3H3;1-9H,10,14H2;3*2-6H,1H3. The monoisotopic (exact) mass is 976 g/mol. The largest absolute Gasteiger partial charge is 0.326 e. The molecule has 12 rings (SSSR count). The van der Waals surface area contributed by atoms with Crippen molar-refractivity contribution in [3.8, 4) is 33.4 Å². The van der Waals surface area contributed by atoms with Gasteiger partial charge in [-0.25, -0.2) is 0 Å². The minimum Gasteiger partial charge on any atom is -0.326 e. The molecule has 0 saturated carbocycles. The van der Waals surface area contributed by atoms with Gasteiger partial charge in [0.25, 0.3) is 0 Å². The molecule has 374 valence electrons. The van der Waals surface area contributed by atoms with Gasteiger partial charge in [0.15, 0.2) is 0 Å². The average Bonchev–Trinajstić information content (AvgIpc) is 3.97. The highest BCUT2D eigenvalue weighted by molar-refractivity contribution is 6.01. The summed E-state index contributed by atoms with van der Waals surface area (Å²) in [5.41, 5.74) is 28.2. The zero-order valence-corrected chi connectivity index (χ0v) is 44.9. The number of fused-ring (bicyclic) bond motifs is 4. The molecule has 0 saturated heterocycles. The Kier molecular flexibility index (Phi) is 18.6. The average molecular weight is 976 g/mol. The topological polar surface area (TPSA) is 26.0 Å². The Morgan fingerprint density at radius 1 is 0.413 bits per heavy atom. The lowest BCUT2D eigenvalue weighted by Gasteiger charge is -2.39. The molecule has 0 aliphatic heterocycles. The van der Waals surface area contributed by atoms with E-state index in [2.05, 4.69) is 217 Å². The maximum absolute atomic E-state index is 5.60. The summed E-state index contributed by atoms with van der Waals surface area (Å²) in [5, 5.41) is 2.61. The molecule has 0 amide bonds. The van der Waals surface area contributed by atoms with Gasteiger partial charge in [-0.05, 0) is 150 Å². The van der Waals surface area contributed by atoms with Crippen LogP contribution in [0.1, 0.15) is 82.7 Å². The Bertz CT molecular complexity index is 3370. The van der Waals surface area contributed by atoms with E-state index in [4.69, 9.17) is 5.73 Å². The fraction of sp³-hybridized carbons (Fsp3) is 0.162. The number of aryl methyl sites for hydroxylation is 5. The smallest absolute Gasteiger partial charge is 0.0716 e. The van der Waals surface area contributed by atoms with Crippen LogP contribution in [0.4, 0.5) is 0 Å². The van der Waals surface area contributed by atoms with E-state index in [1.54, 1.807) is 5.57 Å². The summed E-state index contributed by atoms with van der Waals surface area (Å²) in [6.07, 6.45) is 9.47. The third-order valence-electron chi connectivity index (χ3n) is 14.2. The highest BCUT2D eigenvalue weighted by atomic mass is 14.5. The van der Waals surface area contributed by atoms with Crippen LogP contribution in [0.15, 0.2) is 272 Å². The number of hydrogen-bond acceptors (Lipinski definition) is 1. The Hall–Kier alpha value is -8.10. The fourth-order valence-corrected chi connectivity index (χ4v) is 10.6. The molecule has 0 spiro atoms. The van der Waals surface area contributed by atoms with E-state index < -0.39 is 0 Å². The van der Waals surface area contributed by atoms with Gasteiger partial charge in [-0.15, -0.1) is 0 Å². The quantitative estimate of drug-likeness (QED) is 0.169. The Morgan fingerprint density at radius 2 is 0.920 bits per heavy atom. The van der Waals surface area contributed by atoms with Crippen LogP contribution in [0.2, 0.25) is 0 Å². The molecule has 0 fully saturated rings. The van der Waals surface area contributed by atoms with Crippen molar-refractivity contribution >= 4 is 10.8 Å². The van der Waals surface area contributed by atoms with Crippen molar-refractivity contribution in [2.75, 3.05) is 0 Å². The molecule has 2 aliphatic rings. The molecular formula is C74H73N. The number of benzene rings is 10. The van der Waals surface area contributed by atoms with E-state index in [0.29, 0.717) is 6.54 Å². The van der Waals surface area contributed by atoms with Crippen LogP contribution in [-0.2, 0) is 12.0 Å². The molecule has 0 bridgehead atoms. The van der Waals surface area contributed by atoms with Crippen molar-refractivity contribution in [1.82, 2.24) is 0 Å². The first kappa shape index (κ1) is 53.2. The molecule has 1 heteroatoms. The van der Waals surface area contributed by atoms with E-state index in [1.165, 1.54) is 99.8 Å². The molecule has 0 radical (unpaired) electrons. The first-order valence-electron chi connectivity index (χ1n) is 26.8. The van der Waals surface area contributed by atoms with Crippen LogP contribution in [0, 0.1) is 34.6 Å². The number of nitrogens with two attached hydrogens (primary N) is 1. The summed E-state index contributed by atoms with van der Waals surface area (Å²) in [4.78, 5) is 0. The molecule has 10 aromatic rings. The summed E-state index contributed by atoms with van der Waals surface area (Å²) in [6.45, 7) is 13.7. The van der Waals surface area contributed by atoms with Gasteiger partial charge >= 0.3 is 0 Å². The van der Waals surface area contributed by atoms with E-state index >= 15 is 0 Å². The van der Waals surface area contributed by atoms with Crippen LogP contribution >= 0.6 is 0 Å². The zero-order valence-electron chi connectivity index (χ0n) is 44.9. The first-order valence-corrected chi connectivity index (χ1v) is 26.8. The molecule has 0 heterocycles. The lowest BCUT2D eigenvalue weighted by molar-refractivity contribution is 0.703. The van der Waals surface area contributed by atoms with Gasteiger partial charge in [0.1, 0.15) is 0 Å². The van der Waals surface area contributed by atoms with Gasteiger partial charge in [-0.1, -0.05) is 284 Å². The molecule has 2 aliphatic carbocycles. The van der Waals surface area contributed by atoms with Crippen LogP contribution in [0.3, 0.4) is 0 Å². The fourth-order valence-electron chi connectivity index (χ4n) is 10.6. The summed E-state index contributed by atoms with van der Waals surface area (Å²) >= 11 is 0. The van der Waals surface area contributed by atoms with Crippen molar-refractivity contribution in [3.63, 3.8) is 0 Å². The molecule has 1 unspecified atom stereocenters. The molecule has 10 aromatic carbocycles. The summed E-state index contributed by atoms with van der Waals surface area (Å²) in [7, 11) is 0. The van der Waals surface area contributed by atoms with E-state index in [1.807, 2.05) is 84.9 Å². The maximum Gasteiger partial charge on any atom is 0.0716 e. The van der Waals surface area contributed by atoms with E-state index in [-0.39, 0.29) is 5.41 Å². The van der Waals surface area contributed by atoms with Gasteiger partial charge in [0.2, 0.25) is 0 Å². The van der Waals surface area contributed by atoms with Crippen LogP contribution < -0.4 is 5.73 Å². The summed E-state index contributed by atoms with van der Waals surface area (Å²) in [5.74, 6) is 0. The third-order valence-corrected chi connectivity index (χ3v) is 14.2. The number of allylic oxidation sites excluding steroid dienone is 4. The van der Waals surface area contributed by atoms with Crippen LogP contribution in [0.5, 0.6) is 0 Å². The minimum absolute atomic E-state index is 0.360. The maximum atomic E-state index is 5.60. The molecule has 2 N–H and O–H groups in total. The lowest BCUT2D eigenvalue weighted by Crippen LogP contribution is -2.31. The number of rotatable bonds is 7. The minimum atomic E-state index is -0.360. The SMILES string of the molecule is CCCC1=C(C2(c3ccccc3C)c3cc4ccccc4cc3-c3c(-c4cccc(C)c4)cccc32)C=CCC1.Cc1ccccc1.Cc1ccccc1.Cc1ccccc1.NCc1cccc(-c2ccccc2)c1. The summed E-state index contributed by atoms with van der Waals surface area (Å²) in [6, 6.07) is 88.5. The second-order valence-corrected chi connectivity index (χ2v) is 19.9. The highest BCUT2D eigenvalue weighted by Gasteiger charge is 2.49. The van der Waals surface area contributed by atoms with Gasteiger partial charge < -0.3 is 5.73 Å². The predicted octanol–water partition coefficient (Wildman–Crippen LogP) is 19.7. The van der Waals surface area contributed by atoms with Crippen molar-refractivity contribution in [3.05, 3.63) is 322 Å².